The average molecular weight is 341 g/mol. The first-order chi connectivity index (χ1) is 12.8. The zero-order chi connectivity index (χ0) is 17.9. The van der Waals surface area contributed by atoms with E-state index < -0.39 is 0 Å². The second kappa shape index (κ2) is 6.94. The standard InChI is InChI=1S/C22H19N3O/c23-14-20(15-24)17-7-10-26-21(13-17)6-5-16-11-18-3-1-8-25-9-2-4-19(12-16)22(18)25/h5-7,10-13H,1-4,8-9H2/b6-5+. The molecule has 128 valence electrons. The molecule has 0 radical (unpaired) electrons. The summed E-state index contributed by atoms with van der Waals surface area (Å²) >= 11 is 0. The lowest BCUT2D eigenvalue weighted by atomic mass is 9.90. The van der Waals surface area contributed by atoms with Gasteiger partial charge in [0.1, 0.15) is 23.5 Å². The molecule has 4 nitrogen and oxygen atoms in total. The summed E-state index contributed by atoms with van der Waals surface area (Å²) in [6.07, 6.45) is 13.5. The number of nitrogens with zero attached hydrogens (tertiary/aromatic N) is 3. The van der Waals surface area contributed by atoms with Crippen LogP contribution in [0.2, 0.25) is 0 Å². The minimum Gasteiger partial charge on any atom is -0.465 e. The quantitative estimate of drug-likeness (QED) is 0.758. The van der Waals surface area contributed by atoms with Crippen molar-refractivity contribution in [1.82, 2.24) is 0 Å². The molecule has 4 heteroatoms. The monoisotopic (exact) mass is 341 g/mol. The van der Waals surface area contributed by atoms with Crippen LogP contribution in [0.5, 0.6) is 0 Å². The van der Waals surface area contributed by atoms with Crippen LogP contribution in [-0.2, 0) is 17.6 Å². The molecule has 1 aromatic rings. The van der Waals surface area contributed by atoms with Crippen LogP contribution in [-0.4, -0.2) is 13.1 Å². The second-order valence-electron chi connectivity index (χ2n) is 6.74. The molecular weight excluding hydrogens is 322 g/mol. The van der Waals surface area contributed by atoms with E-state index in [0.717, 1.165) is 12.8 Å². The number of ether oxygens (including phenoxy) is 1. The molecule has 0 amide bonds. The molecule has 0 saturated carbocycles. The number of nitriles is 2. The maximum atomic E-state index is 9.01. The van der Waals surface area contributed by atoms with Gasteiger partial charge in [-0.25, -0.2) is 0 Å². The zero-order valence-corrected chi connectivity index (χ0v) is 14.5. The molecule has 26 heavy (non-hydrogen) atoms. The fraction of sp³-hybridized carbons (Fsp3) is 0.273. The third-order valence-electron chi connectivity index (χ3n) is 5.06. The van der Waals surface area contributed by atoms with Gasteiger partial charge in [0.05, 0.1) is 6.26 Å². The molecule has 0 unspecified atom stereocenters. The summed E-state index contributed by atoms with van der Waals surface area (Å²) in [5, 5.41) is 18.0. The average Bonchev–Trinajstić information content (AvgIpc) is 2.68. The Bertz CT molecular complexity index is 904. The summed E-state index contributed by atoms with van der Waals surface area (Å²) in [4.78, 5) is 2.53. The molecule has 0 bridgehead atoms. The van der Waals surface area contributed by atoms with E-state index in [-0.39, 0.29) is 5.57 Å². The summed E-state index contributed by atoms with van der Waals surface area (Å²) in [5.74, 6) is 0.624. The van der Waals surface area contributed by atoms with Crippen molar-refractivity contribution in [2.24, 2.45) is 0 Å². The lowest BCUT2D eigenvalue weighted by Crippen LogP contribution is -2.34. The van der Waals surface area contributed by atoms with Gasteiger partial charge in [0.2, 0.25) is 0 Å². The van der Waals surface area contributed by atoms with Crippen molar-refractivity contribution < 1.29 is 4.74 Å². The Morgan fingerprint density at radius 3 is 2.38 bits per heavy atom. The Morgan fingerprint density at radius 2 is 1.73 bits per heavy atom. The number of benzene rings is 1. The SMILES string of the molecule is N#CC(C#N)=C1C=COC(/C=C/c2cc3c4c(c2)CCCN4CCC3)=C1. The third-order valence-corrected chi connectivity index (χ3v) is 5.06. The van der Waals surface area contributed by atoms with E-state index in [0.29, 0.717) is 11.3 Å². The highest BCUT2D eigenvalue weighted by atomic mass is 16.5. The van der Waals surface area contributed by atoms with Gasteiger partial charge in [0.25, 0.3) is 0 Å². The van der Waals surface area contributed by atoms with Crippen molar-refractivity contribution in [2.45, 2.75) is 25.7 Å². The number of allylic oxidation sites excluding steroid dienone is 5. The van der Waals surface area contributed by atoms with Gasteiger partial charge in [0.15, 0.2) is 0 Å². The summed E-state index contributed by atoms with van der Waals surface area (Å²) in [6, 6.07) is 8.38. The molecule has 4 rings (SSSR count). The molecule has 3 aliphatic heterocycles. The Kier molecular flexibility index (Phi) is 4.33. The van der Waals surface area contributed by atoms with Crippen molar-refractivity contribution in [3.8, 4) is 12.1 Å². The highest BCUT2D eigenvalue weighted by Crippen LogP contribution is 2.36. The number of hydrogen-bond donors (Lipinski definition) is 0. The maximum absolute atomic E-state index is 9.01. The third kappa shape index (κ3) is 3.03. The normalized spacial score (nSPS) is 17.8. The highest BCUT2D eigenvalue weighted by molar-refractivity contribution is 5.68. The molecule has 0 aromatic heterocycles. The predicted molar refractivity (Wildman–Crippen MR) is 101 cm³/mol. The van der Waals surface area contributed by atoms with Gasteiger partial charge in [-0.15, -0.1) is 0 Å². The summed E-state index contributed by atoms with van der Waals surface area (Å²) in [7, 11) is 0. The number of aryl methyl sites for hydroxylation is 2. The van der Waals surface area contributed by atoms with Crippen molar-refractivity contribution >= 4 is 11.8 Å². The fourth-order valence-electron chi connectivity index (χ4n) is 3.92. The molecule has 0 aliphatic carbocycles. The van der Waals surface area contributed by atoms with Crippen LogP contribution >= 0.6 is 0 Å². The number of anilines is 1. The van der Waals surface area contributed by atoms with Gasteiger partial charge in [-0.05, 0) is 72.7 Å². The molecule has 0 saturated heterocycles. The van der Waals surface area contributed by atoms with Crippen LogP contribution in [0.3, 0.4) is 0 Å². The molecule has 0 fully saturated rings. The van der Waals surface area contributed by atoms with E-state index in [2.05, 4.69) is 17.0 Å². The van der Waals surface area contributed by atoms with Crippen molar-refractivity contribution in [3.63, 3.8) is 0 Å². The number of hydrogen-bond acceptors (Lipinski definition) is 4. The maximum Gasteiger partial charge on any atom is 0.137 e. The van der Waals surface area contributed by atoms with Crippen LogP contribution in [0.1, 0.15) is 29.5 Å². The predicted octanol–water partition coefficient (Wildman–Crippen LogP) is 4.17. The molecule has 3 heterocycles. The summed E-state index contributed by atoms with van der Waals surface area (Å²) < 4.78 is 5.50. The zero-order valence-electron chi connectivity index (χ0n) is 14.5. The molecular formula is C22H19N3O. The van der Waals surface area contributed by atoms with E-state index in [9.17, 15) is 0 Å². The van der Waals surface area contributed by atoms with Gasteiger partial charge in [-0.1, -0.05) is 6.08 Å². The van der Waals surface area contributed by atoms with Crippen LogP contribution in [0, 0.1) is 22.7 Å². The highest BCUT2D eigenvalue weighted by Gasteiger charge is 2.23. The van der Waals surface area contributed by atoms with Crippen molar-refractivity contribution in [2.75, 3.05) is 18.0 Å². The first-order valence-electron chi connectivity index (χ1n) is 8.96. The fourth-order valence-corrected chi connectivity index (χ4v) is 3.92. The second-order valence-corrected chi connectivity index (χ2v) is 6.74. The van der Waals surface area contributed by atoms with E-state index in [4.69, 9.17) is 15.3 Å². The van der Waals surface area contributed by atoms with Gasteiger partial charge in [0, 0.05) is 24.4 Å². The minimum atomic E-state index is 0.0914. The smallest absolute Gasteiger partial charge is 0.137 e. The first-order valence-corrected chi connectivity index (χ1v) is 8.96. The van der Waals surface area contributed by atoms with Crippen LogP contribution in [0.25, 0.3) is 6.08 Å². The van der Waals surface area contributed by atoms with Crippen LogP contribution in [0.4, 0.5) is 5.69 Å². The van der Waals surface area contributed by atoms with E-state index in [1.165, 1.54) is 54.6 Å². The van der Waals surface area contributed by atoms with Gasteiger partial charge in [-0.3, -0.25) is 0 Å². The minimum absolute atomic E-state index is 0.0914. The summed E-state index contributed by atoms with van der Waals surface area (Å²) in [5.41, 5.74) is 6.21. The largest absolute Gasteiger partial charge is 0.465 e. The Labute approximate surface area is 153 Å². The van der Waals surface area contributed by atoms with Crippen LogP contribution < -0.4 is 4.90 Å². The Hall–Kier alpha value is -3.24. The van der Waals surface area contributed by atoms with E-state index in [1.807, 2.05) is 24.3 Å². The van der Waals surface area contributed by atoms with Crippen LogP contribution in [0.15, 0.2) is 53.5 Å². The topological polar surface area (TPSA) is 60.1 Å². The van der Waals surface area contributed by atoms with E-state index in [1.54, 1.807) is 12.2 Å². The molecule has 0 spiro atoms. The van der Waals surface area contributed by atoms with Crippen molar-refractivity contribution in [3.05, 3.63) is 70.2 Å². The van der Waals surface area contributed by atoms with Gasteiger partial charge in [-0.2, -0.15) is 10.5 Å². The lowest BCUT2D eigenvalue weighted by molar-refractivity contribution is 0.364. The molecule has 1 aromatic carbocycles. The van der Waals surface area contributed by atoms with Gasteiger partial charge < -0.3 is 9.64 Å². The first kappa shape index (κ1) is 16.2. The Morgan fingerprint density at radius 1 is 1.04 bits per heavy atom. The lowest BCUT2D eigenvalue weighted by Gasteiger charge is -2.37. The number of rotatable bonds is 2. The molecule has 3 aliphatic rings. The van der Waals surface area contributed by atoms with Crippen molar-refractivity contribution in [1.29, 1.82) is 10.5 Å². The molecule has 0 atom stereocenters. The Balaban J connectivity index is 1.63. The van der Waals surface area contributed by atoms with E-state index >= 15 is 0 Å². The van der Waals surface area contributed by atoms with Gasteiger partial charge >= 0.3 is 0 Å². The summed E-state index contributed by atoms with van der Waals surface area (Å²) in [6.45, 7) is 2.36. The molecule has 0 N–H and O–H groups in total.